The molecule has 1 aliphatic heterocycles. The molecule has 1 atom stereocenters. The van der Waals surface area contributed by atoms with Crippen LogP contribution in [-0.2, 0) is 0 Å². The molecule has 2 rings (SSSR count). The standard InChI is InChI=1S/C12H16O/c1-8(2)11-7-13-12-5-4-9(3)6-10(11)12/h4-6,8,11H,7H2,1-3H3/t11-/m1/s1. The Hall–Kier alpha value is -0.980. The van der Waals surface area contributed by atoms with E-state index in [9.17, 15) is 0 Å². The maximum atomic E-state index is 5.63. The van der Waals surface area contributed by atoms with Gasteiger partial charge in [0, 0.05) is 11.5 Å². The first-order chi connectivity index (χ1) is 6.18. The Morgan fingerprint density at radius 2 is 2.15 bits per heavy atom. The lowest BCUT2D eigenvalue weighted by atomic mass is 9.90. The van der Waals surface area contributed by atoms with Gasteiger partial charge in [-0.3, -0.25) is 0 Å². The van der Waals surface area contributed by atoms with Crippen molar-refractivity contribution >= 4 is 0 Å². The predicted octanol–water partition coefficient (Wildman–Crippen LogP) is 3.13. The summed E-state index contributed by atoms with van der Waals surface area (Å²) in [5.74, 6) is 2.35. The van der Waals surface area contributed by atoms with Crippen molar-refractivity contribution in [3.8, 4) is 5.75 Å². The van der Waals surface area contributed by atoms with Crippen LogP contribution in [0, 0.1) is 12.8 Å². The normalized spacial score (nSPS) is 20.2. The van der Waals surface area contributed by atoms with Gasteiger partial charge in [-0.1, -0.05) is 31.5 Å². The highest BCUT2D eigenvalue weighted by atomic mass is 16.5. The molecule has 13 heavy (non-hydrogen) atoms. The molecule has 0 saturated heterocycles. The number of hydrogen-bond donors (Lipinski definition) is 0. The minimum Gasteiger partial charge on any atom is -0.493 e. The smallest absolute Gasteiger partial charge is 0.122 e. The van der Waals surface area contributed by atoms with Gasteiger partial charge in [0.2, 0.25) is 0 Å². The Balaban J connectivity index is 2.40. The van der Waals surface area contributed by atoms with E-state index in [2.05, 4.69) is 39.0 Å². The monoisotopic (exact) mass is 176 g/mol. The Kier molecular flexibility index (Phi) is 2.03. The van der Waals surface area contributed by atoms with Gasteiger partial charge in [0.15, 0.2) is 0 Å². The van der Waals surface area contributed by atoms with E-state index >= 15 is 0 Å². The van der Waals surface area contributed by atoms with Gasteiger partial charge in [0.25, 0.3) is 0 Å². The van der Waals surface area contributed by atoms with E-state index in [-0.39, 0.29) is 0 Å². The van der Waals surface area contributed by atoms with Crippen molar-refractivity contribution in [3.05, 3.63) is 29.3 Å². The van der Waals surface area contributed by atoms with E-state index in [1.54, 1.807) is 0 Å². The molecule has 0 unspecified atom stereocenters. The SMILES string of the molecule is Cc1ccc2c(c1)[C@@H](C(C)C)CO2. The van der Waals surface area contributed by atoms with Crippen molar-refractivity contribution < 1.29 is 4.74 Å². The number of hydrogen-bond acceptors (Lipinski definition) is 1. The van der Waals surface area contributed by atoms with Crippen LogP contribution in [0.2, 0.25) is 0 Å². The molecular weight excluding hydrogens is 160 g/mol. The van der Waals surface area contributed by atoms with Gasteiger partial charge in [-0.15, -0.1) is 0 Å². The lowest BCUT2D eigenvalue weighted by Gasteiger charge is -2.12. The molecule has 0 aliphatic carbocycles. The third kappa shape index (κ3) is 1.43. The van der Waals surface area contributed by atoms with Crippen LogP contribution < -0.4 is 4.74 Å². The number of aryl methyl sites for hydroxylation is 1. The molecule has 0 bridgehead atoms. The molecule has 1 heteroatoms. The van der Waals surface area contributed by atoms with Crippen LogP contribution in [0.4, 0.5) is 0 Å². The van der Waals surface area contributed by atoms with Crippen molar-refractivity contribution in [1.82, 2.24) is 0 Å². The van der Waals surface area contributed by atoms with Gasteiger partial charge < -0.3 is 4.74 Å². The third-order valence-electron chi connectivity index (χ3n) is 2.79. The fourth-order valence-electron chi connectivity index (χ4n) is 1.91. The minimum atomic E-state index is 0.592. The highest BCUT2D eigenvalue weighted by molar-refractivity contribution is 5.42. The zero-order valence-electron chi connectivity index (χ0n) is 8.50. The van der Waals surface area contributed by atoms with Crippen LogP contribution in [0.5, 0.6) is 5.75 Å². The summed E-state index contributed by atoms with van der Waals surface area (Å²) in [6.07, 6.45) is 0. The summed E-state index contributed by atoms with van der Waals surface area (Å²) in [5.41, 5.74) is 2.73. The molecule has 0 spiro atoms. The molecule has 0 N–H and O–H groups in total. The van der Waals surface area contributed by atoms with E-state index in [1.807, 2.05) is 0 Å². The number of fused-ring (bicyclic) bond motifs is 1. The van der Waals surface area contributed by atoms with Crippen LogP contribution in [0.15, 0.2) is 18.2 Å². The molecule has 1 aromatic rings. The van der Waals surface area contributed by atoms with Crippen LogP contribution in [0.25, 0.3) is 0 Å². The first kappa shape index (κ1) is 8.61. The summed E-state index contributed by atoms with van der Waals surface area (Å²) in [4.78, 5) is 0. The average Bonchev–Trinajstić information content (AvgIpc) is 2.46. The highest BCUT2D eigenvalue weighted by Gasteiger charge is 2.26. The fraction of sp³-hybridized carbons (Fsp3) is 0.500. The van der Waals surface area contributed by atoms with Gasteiger partial charge in [0.1, 0.15) is 5.75 Å². The van der Waals surface area contributed by atoms with Crippen LogP contribution in [0.3, 0.4) is 0 Å². The van der Waals surface area contributed by atoms with Crippen molar-refractivity contribution in [2.75, 3.05) is 6.61 Å². The van der Waals surface area contributed by atoms with Crippen molar-refractivity contribution in [3.63, 3.8) is 0 Å². The van der Waals surface area contributed by atoms with E-state index in [0.29, 0.717) is 11.8 Å². The van der Waals surface area contributed by atoms with Crippen molar-refractivity contribution in [2.24, 2.45) is 5.92 Å². The first-order valence-electron chi connectivity index (χ1n) is 4.92. The van der Waals surface area contributed by atoms with Gasteiger partial charge in [-0.25, -0.2) is 0 Å². The highest BCUT2D eigenvalue weighted by Crippen LogP contribution is 2.38. The van der Waals surface area contributed by atoms with Crippen LogP contribution in [0.1, 0.15) is 30.9 Å². The minimum absolute atomic E-state index is 0.592. The van der Waals surface area contributed by atoms with Crippen LogP contribution in [-0.4, -0.2) is 6.61 Å². The molecule has 0 aromatic heterocycles. The number of rotatable bonds is 1. The molecule has 0 fully saturated rings. The molecule has 1 nitrogen and oxygen atoms in total. The molecule has 1 aromatic carbocycles. The second-order valence-electron chi connectivity index (χ2n) is 4.20. The number of benzene rings is 1. The molecule has 1 heterocycles. The lowest BCUT2D eigenvalue weighted by Crippen LogP contribution is -2.07. The summed E-state index contributed by atoms with van der Waals surface area (Å²) < 4.78 is 5.63. The number of ether oxygens (including phenoxy) is 1. The zero-order valence-corrected chi connectivity index (χ0v) is 8.50. The summed E-state index contributed by atoms with van der Waals surface area (Å²) in [6, 6.07) is 6.46. The third-order valence-corrected chi connectivity index (χ3v) is 2.79. The van der Waals surface area contributed by atoms with Gasteiger partial charge in [-0.2, -0.15) is 0 Å². The maximum absolute atomic E-state index is 5.63. The van der Waals surface area contributed by atoms with E-state index < -0.39 is 0 Å². The van der Waals surface area contributed by atoms with Gasteiger partial charge in [0.05, 0.1) is 6.61 Å². The Morgan fingerprint density at radius 1 is 1.38 bits per heavy atom. The average molecular weight is 176 g/mol. The zero-order chi connectivity index (χ0) is 9.42. The second-order valence-corrected chi connectivity index (χ2v) is 4.20. The van der Waals surface area contributed by atoms with Crippen molar-refractivity contribution in [1.29, 1.82) is 0 Å². The second kappa shape index (κ2) is 3.06. The summed E-state index contributed by atoms with van der Waals surface area (Å²) in [7, 11) is 0. The quantitative estimate of drug-likeness (QED) is 0.638. The molecule has 0 amide bonds. The largest absolute Gasteiger partial charge is 0.493 e. The summed E-state index contributed by atoms with van der Waals surface area (Å²) in [5, 5.41) is 0. The lowest BCUT2D eigenvalue weighted by molar-refractivity contribution is 0.304. The Morgan fingerprint density at radius 3 is 2.85 bits per heavy atom. The molecule has 70 valence electrons. The van der Waals surface area contributed by atoms with E-state index in [1.165, 1.54) is 11.1 Å². The molecule has 1 aliphatic rings. The predicted molar refractivity (Wildman–Crippen MR) is 54.3 cm³/mol. The van der Waals surface area contributed by atoms with Gasteiger partial charge in [-0.05, 0) is 18.9 Å². The fourth-order valence-corrected chi connectivity index (χ4v) is 1.91. The van der Waals surface area contributed by atoms with E-state index in [4.69, 9.17) is 4.74 Å². The van der Waals surface area contributed by atoms with Gasteiger partial charge >= 0.3 is 0 Å². The van der Waals surface area contributed by atoms with E-state index in [0.717, 1.165) is 12.4 Å². The summed E-state index contributed by atoms with van der Waals surface area (Å²) >= 11 is 0. The molecule has 0 radical (unpaired) electrons. The maximum Gasteiger partial charge on any atom is 0.122 e. The first-order valence-corrected chi connectivity index (χ1v) is 4.92. The Bertz CT molecular complexity index is 315. The topological polar surface area (TPSA) is 9.23 Å². The molecule has 0 saturated carbocycles. The molecular formula is C12H16O. The van der Waals surface area contributed by atoms with Crippen LogP contribution >= 0.6 is 0 Å². The Labute approximate surface area is 79.7 Å². The van der Waals surface area contributed by atoms with Crippen molar-refractivity contribution in [2.45, 2.75) is 26.7 Å². The summed E-state index contributed by atoms with van der Waals surface area (Å²) in [6.45, 7) is 7.50.